The molecule has 1 aromatic heterocycles. The van der Waals surface area contributed by atoms with Gasteiger partial charge < -0.3 is 20.2 Å². The zero-order valence-corrected chi connectivity index (χ0v) is 16.3. The lowest BCUT2D eigenvalue weighted by Gasteiger charge is -2.34. The maximum atomic E-state index is 12.6. The molecule has 2 saturated heterocycles. The molecule has 1 aliphatic carbocycles. The molecule has 2 aliphatic heterocycles. The van der Waals surface area contributed by atoms with E-state index < -0.39 is 0 Å². The molecule has 144 valence electrons. The Morgan fingerprint density at radius 1 is 1.27 bits per heavy atom. The molecule has 1 aromatic rings. The Kier molecular flexibility index (Phi) is 5.53. The van der Waals surface area contributed by atoms with Gasteiger partial charge in [0.2, 0.25) is 0 Å². The fourth-order valence-corrected chi connectivity index (χ4v) is 5.27. The van der Waals surface area contributed by atoms with E-state index in [1.165, 1.54) is 38.8 Å². The molecule has 3 fully saturated rings. The number of nitrogens with one attached hydrogen (secondary N) is 1. The van der Waals surface area contributed by atoms with Crippen molar-refractivity contribution in [3.05, 3.63) is 22.4 Å². The van der Waals surface area contributed by atoms with E-state index >= 15 is 0 Å². The topological polar surface area (TPSA) is 55.8 Å². The Morgan fingerprint density at radius 3 is 2.62 bits per heavy atom. The Morgan fingerprint density at radius 2 is 2.00 bits per heavy atom. The van der Waals surface area contributed by atoms with Crippen molar-refractivity contribution in [1.29, 1.82) is 0 Å². The van der Waals surface area contributed by atoms with Gasteiger partial charge in [-0.25, -0.2) is 4.79 Å². The van der Waals surface area contributed by atoms with Gasteiger partial charge in [0.25, 0.3) is 0 Å². The highest BCUT2D eigenvalue weighted by molar-refractivity contribution is 7.10. The van der Waals surface area contributed by atoms with E-state index in [0.29, 0.717) is 5.41 Å². The van der Waals surface area contributed by atoms with Crippen LogP contribution in [-0.2, 0) is 0 Å². The molecule has 0 unspecified atom stereocenters. The van der Waals surface area contributed by atoms with Crippen molar-refractivity contribution in [3.8, 4) is 0 Å². The van der Waals surface area contributed by atoms with Gasteiger partial charge in [-0.05, 0) is 69.0 Å². The van der Waals surface area contributed by atoms with Crippen LogP contribution in [0.15, 0.2) is 17.5 Å². The first-order valence-corrected chi connectivity index (χ1v) is 11.0. The van der Waals surface area contributed by atoms with Crippen molar-refractivity contribution in [2.24, 2.45) is 11.3 Å². The van der Waals surface area contributed by atoms with Gasteiger partial charge in [0, 0.05) is 36.5 Å². The van der Waals surface area contributed by atoms with Gasteiger partial charge in [-0.3, -0.25) is 0 Å². The maximum absolute atomic E-state index is 12.6. The molecule has 2 amide bonds. The first-order chi connectivity index (χ1) is 12.7. The second-order valence-corrected chi connectivity index (χ2v) is 9.41. The summed E-state index contributed by atoms with van der Waals surface area (Å²) in [6.07, 6.45) is 6.54. The quantitative estimate of drug-likeness (QED) is 0.801. The number of carbonyl (C=O) groups is 1. The molecule has 5 nitrogen and oxygen atoms in total. The number of carbonyl (C=O) groups excluding carboxylic acids is 1. The molecule has 0 radical (unpaired) electrons. The van der Waals surface area contributed by atoms with Crippen LogP contribution in [0, 0.1) is 11.3 Å². The van der Waals surface area contributed by atoms with E-state index in [2.05, 4.69) is 10.2 Å². The summed E-state index contributed by atoms with van der Waals surface area (Å²) in [5.41, 5.74) is 0.341. The van der Waals surface area contributed by atoms with Crippen LogP contribution >= 0.6 is 11.3 Å². The number of urea groups is 1. The highest BCUT2D eigenvalue weighted by Crippen LogP contribution is 2.46. The van der Waals surface area contributed by atoms with Crippen LogP contribution in [0.2, 0.25) is 0 Å². The number of nitrogens with zero attached hydrogens (tertiary/aromatic N) is 2. The summed E-state index contributed by atoms with van der Waals surface area (Å²) >= 11 is 1.62. The number of aliphatic hydroxyl groups is 1. The molecule has 6 heteroatoms. The van der Waals surface area contributed by atoms with Gasteiger partial charge in [0.05, 0.1) is 6.10 Å². The summed E-state index contributed by atoms with van der Waals surface area (Å²) in [4.78, 5) is 18.1. The minimum Gasteiger partial charge on any atom is -0.387 e. The molecular weight excluding hydrogens is 346 g/mol. The number of amides is 2. The second-order valence-electron chi connectivity index (χ2n) is 8.43. The fraction of sp³-hybridized carbons (Fsp3) is 0.750. The van der Waals surface area contributed by atoms with Crippen molar-refractivity contribution in [3.63, 3.8) is 0 Å². The van der Waals surface area contributed by atoms with Crippen molar-refractivity contribution in [2.75, 3.05) is 39.3 Å². The lowest BCUT2D eigenvalue weighted by molar-refractivity contribution is 0.0687. The Hall–Kier alpha value is -1.11. The predicted molar refractivity (Wildman–Crippen MR) is 104 cm³/mol. The number of hydrogen-bond donors (Lipinski definition) is 2. The van der Waals surface area contributed by atoms with Crippen LogP contribution in [0.3, 0.4) is 0 Å². The summed E-state index contributed by atoms with van der Waals surface area (Å²) in [5, 5.41) is 15.7. The van der Waals surface area contributed by atoms with E-state index in [1.54, 1.807) is 11.3 Å². The smallest absolute Gasteiger partial charge is 0.317 e. The number of rotatable bonds is 6. The molecule has 1 saturated carbocycles. The van der Waals surface area contributed by atoms with Gasteiger partial charge in [-0.15, -0.1) is 11.3 Å². The molecule has 3 heterocycles. The van der Waals surface area contributed by atoms with Crippen LogP contribution in [0.1, 0.15) is 49.5 Å². The van der Waals surface area contributed by atoms with E-state index in [1.807, 2.05) is 22.4 Å². The zero-order valence-electron chi connectivity index (χ0n) is 15.5. The number of hydrogen-bond acceptors (Lipinski definition) is 4. The minimum atomic E-state index is -0.379. The highest BCUT2D eigenvalue weighted by atomic mass is 32.1. The monoisotopic (exact) mass is 377 g/mol. The molecule has 4 rings (SSSR count). The maximum Gasteiger partial charge on any atom is 0.317 e. The summed E-state index contributed by atoms with van der Waals surface area (Å²) in [6, 6.07) is 4.08. The average Bonchev–Trinajstić information content (AvgIpc) is 3.08. The number of likely N-dealkylation sites (tertiary alicyclic amines) is 2. The lowest BCUT2D eigenvalue weighted by atomic mass is 9.90. The van der Waals surface area contributed by atoms with Crippen LogP contribution in [0.5, 0.6) is 0 Å². The summed E-state index contributed by atoms with van der Waals surface area (Å²) in [5.74, 6) is 0.266. The van der Waals surface area contributed by atoms with E-state index in [9.17, 15) is 9.90 Å². The van der Waals surface area contributed by atoms with Gasteiger partial charge in [0.1, 0.15) is 0 Å². The van der Waals surface area contributed by atoms with Crippen molar-refractivity contribution in [1.82, 2.24) is 15.1 Å². The largest absolute Gasteiger partial charge is 0.387 e. The Bertz CT molecular complexity index is 588. The van der Waals surface area contributed by atoms with Gasteiger partial charge >= 0.3 is 6.03 Å². The van der Waals surface area contributed by atoms with E-state index in [4.69, 9.17) is 0 Å². The number of thiophene rings is 1. The molecule has 1 atom stereocenters. The fourth-order valence-electron chi connectivity index (χ4n) is 4.47. The predicted octanol–water partition coefficient (Wildman–Crippen LogP) is 3.08. The molecule has 26 heavy (non-hydrogen) atoms. The molecule has 3 aliphatic rings. The van der Waals surface area contributed by atoms with Crippen LogP contribution < -0.4 is 5.32 Å². The van der Waals surface area contributed by atoms with Crippen LogP contribution in [0.4, 0.5) is 4.79 Å². The Balaban J connectivity index is 1.20. The van der Waals surface area contributed by atoms with Crippen molar-refractivity contribution >= 4 is 17.4 Å². The molecule has 0 aromatic carbocycles. The summed E-state index contributed by atoms with van der Waals surface area (Å²) in [7, 11) is 0. The third kappa shape index (κ3) is 4.24. The number of piperidine rings is 1. The van der Waals surface area contributed by atoms with Crippen LogP contribution in [0.25, 0.3) is 0 Å². The minimum absolute atomic E-state index is 0.0850. The summed E-state index contributed by atoms with van der Waals surface area (Å²) < 4.78 is 0. The van der Waals surface area contributed by atoms with Crippen molar-refractivity contribution < 1.29 is 9.90 Å². The first kappa shape index (κ1) is 18.3. The average molecular weight is 378 g/mol. The standard InChI is InChI=1S/C20H31N3O2S/c24-18(17-4-3-13-26-17)16-5-11-23(12-6-16)19(25)21-14-20(7-8-20)15-22-9-1-2-10-22/h3-4,13,16,18,24H,1-2,5-12,14-15H2,(H,21,25)/t18-/m0/s1. The molecule has 0 spiro atoms. The first-order valence-electron chi connectivity index (χ1n) is 10.1. The second kappa shape index (κ2) is 7.87. The summed E-state index contributed by atoms with van der Waals surface area (Å²) in [6.45, 7) is 5.93. The van der Waals surface area contributed by atoms with Crippen molar-refractivity contribution in [2.45, 2.75) is 44.6 Å². The van der Waals surface area contributed by atoms with Gasteiger partial charge in [-0.2, -0.15) is 0 Å². The Labute approximate surface area is 160 Å². The highest BCUT2D eigenvalue weighted by Gasteiger charge is 2.44. The SMILES string of the molecule is O=C(NCC1(CN2CCCC2)CC1)N1CCC([C@H](O)c2cccs2)CC1. The zero-order chi connectivity index (χ0) is 18.0. The third-order valence-corrected chi connectivity index (χ3v) is 7.38. The molecule has 0 bridgehead atoms. The lowest BCUT2D eigenvalue weighted by Crippen LogP contribution is -2.47. The van der Waals surface area contributed by atoms with Crippen LogP contribution in [-0.4, -0.2) is 60.2 Å². The van der Waals surface area contributed by atoms with Gasteiger partial charge in [-0.1, -0.05) is 6.07 Å². The third-order valence-electron chi connectivity index (χ3n) is 6.44. The molecular formula is C20H31N3O2S. The van der Waals surface area contributed by atoms with E-state index in [-0.39, 0.29) is 18.1 Å². The van der Waals surface area contributed by atoms with E-state index in [0.717, 1.165) is 43.9 Å². The molecule has 2 N–H and O–H groups in total. The van der Waals surface area contributed by atoms with Gasteiger partial charge in [0.15, 0.2) is 0 Å². The number of aliphatic hydroxyl groups excluding tert-OH is 1. The normalized spacial score (nSPS) is 24.6.